The number of halogens is 2. The summed E-state index contributed by atoms with van der Waals surface area (Å²) in [5.41, 5.74) is -0.433. The van der Waals surface area contributed by atoms with Gasteiger partial charge in [-0.1, -0.05) is 6.07 Å². The third-order valence-electron chi connectivity index (χ3n) is 2.63. The molecule has 4 nitrogen and oxygen atoms in total. The number of hydrogen-bond donors (Lipinski definition) is 3. The highest BCUT2D eigenvalue weighted by Gasteiger charge is 2.12. The van der Waals surface area contributed by atoms with Crippen LogP contribution >= 0.6 is 0 Å². The molecule has 0 saturated carbocycles. The van der Waals surface area contributed by atoms with Gasteiger partial charge in [0.15, 0.2) is 0 Å². The number of aliphatic hydroxyl groups is 1. The van der Waals surface area contributed by atoms with Crippen LogP contribution in [0.2, 0.25) is 0 Å². The molecule has 1 unspecified atom stereocenters. The second kappa shape index (κ2) is 7.81. The zero-order valence-electron chi connectivity index (χ0n) is 10.7. The fourth-order valence-electron chi connectivity index (χ4n) is 1.57. The molecule has 6 heteroatoms. The molecule has 1 amide bonds. The van der Waals surface area contributed by atoms with Gasteiger partial charge in [-0.3, -0.25) is 4.79 Å². The third-order valence-corrected chi connectivity index (χ3v) is 2.63. The number of carbonyl (C=O) groups is 1. The van der Waals surface area contributed by atoms with E-state index in [1.165, 1.54) is 6.07 Å². The molecule has 0 spiro atoms. The van der Waals surface area contributed by atoms with E-state index in [9.17, 15) is 13.6 Å². The molecule has 19 heavy (non-hydrogen) atoms. The van der Waals surface area contributed by atoms with Crippen LogP contribution in [0.25, 0.3) is 0 Å². The van der Waals surface area contributed by atoms with Crippen LogP contribution in [-0.2, 0) is 4.79 Å². The van der Waals surface area contributed by atoms with Crippen LogP contribution in [0.1, 0.15) is 19.8 Å². The highest BCUT2D eigenvalue weighted by atomic mass is 19.1. The maximum Gasteiger partial charge on any atom is 0.238 e. The van der Waals surface area contributed by atoms with E-state index >= 15 is 0 Å². The van der Waals surface area contributed by atoms with Gasteiger partial charge >= 0.3 is 0 Å². The highest BCUT2D eigenvalue weighted by molar-refractivity contribution is 5.92. The van der Waals surface area contributed by atoms with Gasteiger partial charge in [-0.25, -0.2) is 8.78 Å². The van der Waals surface area contributed by atoms with E-state index in [1.54, 1.807) is 0 Å². The topological polar surface area (TPSA) is 61.4 Å². The molecule has 3 N–H and O–H groups in total. The number of para-hydroxylation sites is 1. The lowest BCUT2D eigenvalue weighted by atomic mass is 10.2. The quantitative estimate of drug-likeness (QED) is 0.707. The molecule has 1 rings (SSSR count). The SMILES string of the molecule is CC(CCCO)NCC(=O)Nc1c(F)cccc1F. The average Bonchev–Trinajstić information content (AvgIpc) is 2.38. The second-order valence-electron chi connectivity index (χ2n) is 4.29. The Kier molecular flexibility index (Phi) is 6.38. The van der Waals surface area contributed by atoms with E-state index in [0.29, 0.717) is 6.42 Å². The lowest BCUT2D eigenvalue weighted by Gasteiger charge is -2.13. The number of carbonyl (C=O) groups excluding carboxylic acids is 1. The summed E-state index contributed by atoms with van der Waals surface area (Å²) in [7, 11) is 0. The number of benzene rings is 1. The van der Waals surface area contributed by atoms with Crippen LogP contribution in [0.15, 0.2) is 18.2 Å². The lowest BCUT2D eigenvalue weighted by molar-refractivity contribution is -0.115. The average molecular weight is 272 g/mol. The summed E-state index contributed by atoms with van der Waals surface area (Å²) in [5.74, 6) is -2.12. The maximum atomic E-state index is 13.3. The largest absolute Gasteiger partial charge is 0.396 e. The van der Waals surface area contributed by atoms with Gasteiger partial charge in [-0.15, -0.1) is 0 Å². The van der Waals surface area contributed by atoms with Crippen molar-refractivity contribution in [3.05, 3.63) is 29.8 Å². The monoisotopic (exact) mass is 272 g/mol. The molecule has 0 aliphatic heterocycles. The fraction of sp³-hybridized carbons (Fsp3) is 0.462. The van der Waals surface area contributed by atoms with E-state index < -0.39 is 23.2 Å². The Morgan fingerprint density at radius 3 is 2.58 bits per heavy atom. The first-order valence-electron chi connectivity index (χ1n) is 6.12. The smallest absolute Gasteiger partial charge is 0.238 e. The van der Waals surface area contributed by atoms with E-state index in [1.807, 2.05) is 6.92 Å². The minimum atomic E-state index is -0.804. The summed E-state index contributed by atoms with van der Waals surface area (Å²) in [5, 5.41) is 13.8. The molecule has 0 aliphatic carbocycles. The third kappa shape index (κ3) is 5.32. The molecule has 0 bridgehead atoms. The molecule has 1 aromatic carbocycles. The Balaban J connectivity index is 2.43. The van der Waals surface area contributed by atoms with Gasteiger partial charge in [0.2, 0.25) is 5.91 Å². The zero-order chi connectivity index (χ0) is 14.3. The number of amides is 1. The Labute approximate surface area is 110 Å². The molecule has 0 fully saturated rings. The molecule has 0 saturated heterocycles. The predicted octanol–water partition coefficient (Wildman–Crippen LogP) is 1.65. The van der Waals surface area contributed by atoms with Gasteiger partial charge in [0.25, 0.3) is 0 Å². The summed E-state index contributed by atoms with van der Waals surface area (Å²) in [6, 6.07) is 3.44. The molecular formula is C13H18F2N2O2. The van der Waals surface area contributed by atoms with Crippen molar-refractivity contribution in [2.45, 2.75) is 25.8 Å². The molecule has 106 valence electrons. The fourth-order valence-corrected chi connectivity index (χ4v) is 1.57. The normalized spacial score (nSPS) is 12.2. The predicted molar refractivity (Wildman–Crippen MR) is 68.8 cm³/mol. The Bertz CT molecular complexity index is 407. The van der Waals surface area contributed by atoms with Crippen molar-refractivity contribution in [1.29, 1.82) is 0 Å². The molecule has 0 aromatic heterocycles. The van der Waals surface area contributed by atoms with E-state index in [4.69, 9.17) is 5.11 Å². The number of rotatable bonds is 7. The number of hydrogen-bond acceptors (Lipinski definition) is 3. The summed E-state index contributed by atoms with van der Waals surface area (Å²) in [6.07, 6.45) is 1.36. The van der Waals surface area contributed by atoms with E-state index in [2.05, 4.69) is 10.6 Å². The molecule has 0 radical (unpaired) electrons. The summed E-state index contributed by atoms with van der Waals surface area (Å²) >= 11 is 0. The molecule has 0 heterocycles. The van der Waals surface area contributed by atoms with Crippen LogP contribution < -0.4 is 10.6 Å². The van der Waals surface area contributed by atoms with Crippen LogP contribution in [0, 0.1) is 11.6 Å². The van der Waals surface area contributed by atoms with Gasteiger partial charge in [0, 0.05) is 12.6 Å². The first kappa shape index (κ1) is 15.5. The standard InChI is InChI=1S/C13H18F2N2O2/c1-9(4-3-7-18)16-8-12(19)17-13-10(14)5-2-6-11(13)15/h2,5-6,9,16,18H,3-4,7-8H2,1H3,(H,17,19). The summed E-state index contributed by atoms with van der Waals surface area (Å²) in [4.78, 5) is 11.5. The maximum absolute atomic E-state index is 13.3. The number of anilines is 1. The highest BCUT2D eigenvalue weighted by Crippen LogP contribution is 2.17. The van der Waals surface area contributed by atoms with Crippen molar-refractivity contribution in [2.75, 3.05) is 18.5 Å². The van der Waals surface area contributed by atoms with Crippen molar-refractivity contribution in [1.82, 2.24) is 5.32 Å². The van der Waals surface area contributed by atoms with Gasteiger partial charge in [-0.05, 0) is 31.9 Å². The Morgan fingerprint density at radius 1 is 1.37 bits per heavy atom. The van der Waals surface area contributed by atoms with Gasteiger partial charge in [-0.2, -0.15) is 0 Å². The number of aliphatic hydroxyl groups excluding tert-OH is 1. The Hall–Kier alpha value is -1.53. The molecule has 0 aliphatic rings. The van der Waals surface area contributed by atoms with Gasteiger partial charge in [0.1, 0.15) is 17.3 Å². The van der Waals surface area contributed by atoms with Crippen molar-refractivity contribution < 1.29 is 18.7 Å². The molecular weight excluding hydrogens is 254 g/mol. The van der Waals surface area contributed by atoms with Crippen molar-refractivity contribution in [2.24, 2.45) is 0 Å². The van der Waals surface area contributed by atoms with E-state index in [-0.39, 0.29) is 19.2 Å². The molecule has 1 atom stereocenters. The van der Waals surface area contributed by atoms with E-state index in [0.717, 1.165) is 18.6 Å². The van der Waals surface area contributed by atoms with Crippen LogP contribution in [-0.4, -0.2) is 30.2 Å². The van der Waals surface area contributed by atoms with Gasteiger partial charge in [0.05, 0.1) is 6.54 Å². The lowest BCUT2D eigenvalue weighted by Crippen LogP contribution is -2.34. The van der Waals surface area contributed by atoms with Crippen LogP contribution in [0.5, 0.6) is 0 Å². The van der Waals surface area contributed by atoms with Crippen molar-refractivity contribution >= 4 is 11.6 Å². The first-order valence-corrected chi connectivity index (χ1v) is 6.12. The first-order chi connectivity index (χ1) is 9.04. The summed E-state index contributed by atoms with van der Waals surface area (Å²) in [6.45, 7) is 1.92. The van der Waals surface area contributed by atoms with Crippen LogP contribution in [0.4, 0.5) is 14.5 Å². The number of nitrogens with one attached hydrogen (secondary N) is 2. The second-order valence-corrected chi connectivity index (χ2v) is 4.29. The van der Waals surface area contributed by atoms with Crippen molar-refractivity contribution in [3.8, 4) is 0 Å². The molecule has 1 aromatic rings. The minimum absolute atomic E-state index is 0.0413. The summed E-state index contributed by atoms with van der Waals surface area (Å²) < 4.78 is 26.5. The van der Waals surface area contributed by atoms with Gasteiger partial charge < -0.3 is 15.7 Å². The minimum Gasteiger partial charge on any atom is -0.396 e. The zero-order valence-corrected chi connectivity index (χ0v) is 10.7. The van der Waals surface area contributed by atoms with Crippen molar-refractivity contribution in [3.63, 3.8) is 0 Å². The van der Waals surface area contributed by atoms with Crippen LogP contribution in [0.3, 0.4) is 0 Å². The Morgan fingerprint density at radius 2 is 2.00 bits per heavy atom.